The second-order valence-electron chi connectivity index (χ2n) is 4.50. The predicted molar refractivity (Wildman–Crippen MR) is 86.9 cm³/mol. The molecule has 0 unspecified atom stereocenters. The fraction of sp³-hybridized carbons (Fsp3) is 0.467. The van der Waals surface area contributed by atoms with Gasteiger partial charge in [0.1, 0.15) is 0 Å². The Balaban J connectivity index is 2.19. The van der Waals surface area contributed by atoms with E-state index >= 15 is 0 Å². The molecular weight excluding hydrogens is 304 g/mol. The van der Waals surface area contributed by atoms with Crippen LogP contribution < -0.4 is 5.32 Å². The van der Waals surface area contributed by atoms with Gasteiger partial charge in [0.2, 0.25) is 5.91 Å². The van der Waals surface area contributed by atoms with Crippen LogP contribution in [0.4, 0.5) is 0 Å². The average molecular weight is 326 g/mol. The Kier molecular flexibility index (Phi) is 9.29. The molecule has 0 saturated heterocycles. The molecule has 1 aromatic carbocycles. The third kappa shape index (κ3) is 6.93. The van der Waals surface area contributed by atoms with Crippen molar-refractivity contribution in [2.75, 3.05) is 44.4 Å². The molecule has 0 radical (unpaired) electrons. The van der Waals surface area contributed by atoms with Crippen LogP contribution in [0, 0.1) is 0 Å². The van der Waals surface area contributed by atoms with Crippen LogP contribution >= 0.6 is 11.8 Å². The maximum atomic E-state index is 11.8. The summed E-state index contributed by atoms with van der Waals surface area (Å²) in [6, 6.07) is 8.95. The summed E-state index contributed by atoms with van der Waals surface area (Å²) in [5.41, 5.74) is 0.612. The highest BCUT2D eigenvalue weighted by Crippen LogP contribution is 2.03. The standard InChI is InChI=1S/C15H22N2O4S/c18-9-7-17(8-10-19)14(20)12-22-11-6-16-15(21)13-4-2-1-3-5-13/h1-5,18-19H,6-12H2,(H,16,21). The highest BCUT2D eigenvalue weighted by atomic mass is 32.2. The van der Waals surface area contributed by atoms with Crippen molar-refractivity contribution in [3.8, 4) is 0 Å². The molecule has 1 rings (SSSR count). The van der Waals surface area contributed by atoms with Crippen molar-refractivity contribution in [3.63, 3.8) is 0 Å². The van der Waals surface area contributed by atoms with Gasteiger partial charge in [-0.05, 0) is 12.1 Å². The fourth-order valence-electron chi connectivity index (χ4n) is 1.78. The van der Waals surface area contributed by atoms with Gasteiger partial charge in [-0.25, -0.2) is 0 Å². The van der Waals surface area contributed by atoms with Crippen molar-refractivity contribution in [2.24, 2.45) is 0 Å². The first kappa shape index (κ1) is 18.5. The van der Waals surface area contributed by atoms with Gasteiger partial charge < -0.3 is 20.4 Å². The minimum Gasteiger partial charge on any atom is -0.395 e. The molecule has 1 aromatic rings. The number of amides is 2. The van der Waals surface area contributed by atoms with E-state index in [1.165, 1.54) is 16.7 Å². The summed E-state index contributed by atoms with van der Waals surface area (Å²) >= 11 is 1.41. The summed E-state index contributed by atoms with van der Waals surface area (Å²) in [7, 11) is 0. The molecule has 0 atom stereocenters. The van der Waals surface area contributed by atoms with E-state index in [-0.39, 0.29) is 43.9 Å². The molecule has 2 amide bonds. The van der Waals surface area contributed by atoms with Gasteiger partial charge in [-0.1, -0.05) is 18.2 Å². The van der Waals surface area contributed by atoms with Crippen molar-refractivity contribution >= 4 is 23.6 Å². The zero-order valence-electron chi connectivity index (χ0n) is 12.4. The van der Waals surface area contributed by atoms with Crippen LogP contribution in [-0.2, 0) is 4.79 Å². The summed E-state index contributed by atoms with van der Waals surface area (Å²) in [6.45, 7) is 0.689. The number of nitrogens with one attached hydrogen (secondary N) is 1. The van der Waals surface area contributed by atoms with Crippen LogP contribution in [0.25, 0.3) is 0 Å². The second kappa shape index (κ2) is 11.1. The van der Waals surface area contributed by atoms with Crippen molar-refractivity contribution < 1.29 is 19.8 Å². The quantitative estimate of drug-likeness (QED) is 0.525. The summed E-state index contributed by atoms with van der Waals surface area (Å²) in [5, 5.41) is 20.5. The Morgan fingerprint density at radius 3 is 2.32 bits per heavy atom. The van der Waals surface area contributed by atoms with Gasteiger partial charge in [-0.2, -0.15) is 11.8 Å². The first-order valence-corrected chi connectivity index (χ1v) is 8.25. The molecule has 0 aliphatic heterocycles. The van der Waals surface area contributed by atoms with E-state index in [4.69, 9.17) is 10.2 Å². The van der Waals surface area contributed by atoms with Gasteiger partial charge >= 0.3 is 0 Å². The van der Waals surface area contributed by atoms with Crippen LogP contribution in [0.1, 0.15) is 10.4 Å². The first-order valence-electron chi connectivity index (χ1n) is 7.09. The van der Waals surface area contributed by atoms with Gasteiger partial charge in [-0.15, -0.1) is 0 Å². The molecule has 6 nitrogen and oxygen atoms in total. The Morgan fingerprint density at radius 1 is 1.09 bits per heavy atom. The van der Waals surface area contributed by atoms with E-state index in [9.17, 15) is 9.59 Å². The molecule has 7 heteroatoms. The van der Waals surface area contributed by atoms with Crippen LogP contribution in [0.2, 0.25) is 0 Å². The van der Waals surface area contributed by atoms with Crippen LogP contribution in [-0.4, -0.2) is 71.3 Å². The van der Waals surface area contributed by atoms with Gasteiger partial charge in [0, 0.05) is 31.0 Å². The highest BCUT2D eigenvalue weighted by Gasteiger charge is 2.12. The van der Waals surface area contributed by atoms with E-state index in [0.29, 0.717) is 17.9 Å². The number of rotatable bonds is 10. The Labute approximate surface area is 134 Å². The second-order valence-corrected chi connectivity index (χ2v) is 5.61. The minimum atomic E-state index is -0.130. The topological polar surface area (TPSA) is 89.9 Å². The number of benzene rings is 1. The number of thioether (sulfide) groups is 1. The molecule has 0 aromatic heterocycles. The van der Waals surface area contributed by atoms with Crippen LogP contribution in [0.15, 0.2) is 30.3 Å². The number of carbonyl (C=O) groups is 2. The largest absolute Gasteiger partial charge is 0.395 e. The zero-order valence-corrected chi connectivity index (χ0v) is 13.2. The molecular formula is C15H22N2O4S. The van der Waals surface area contributed by atoms with Crippen LogP contribution in [0.3, 0.4) is 0 Å². The maximum absolute atomic E-state index is 11.8. The van der Waals surface area contributed by atoms with Crippen molar-refractivity contribution in [1.29, 1.82) is 0 Å². The Hall–Kier alpha value is -1.57. The lowest BCUT2D eigenvalue weighted by Gasteiger charge is -2.20. The van der Waals surface area contributed by atoms with E-state index in [1.807, 2.05) is 6.07 Å². The van der Waals surface area contributed by atoms with Crippen LogP contribution in [0.5, 0.6) is 0 Å². The molecule has 3 N–H and O–H groups in total. The molecule has 0 bridgehead atoms. The molecule has 0 aliphatic rings. The first-order chi connectivity index (χ1) is 10.7. The number of hydrogen-bond donors (Lipinski definition) is 3. The minimum absolute atomic E-state index is 0.121. The highest BCUT2D eigenvalue weighted by molar-refractivity contribution is 7.99. The van der Waals surface area contributed by atoms with E-state index in [1.54, 1.807) is 24.3 Å². The molecule has 0 heterocycles. The predicted octanol–water partition coefficient (Wildman–Crippen LogP) is -0.0372. The summed E-state index contributed by atoms with van der Waals surface area (Å²) in [6.07, 6.45) is 0. The molecule has 0 aliphatic carbocycles. The third-order valence-corrected chi connectivity index (χ3v) is 3.83. The summed E-state index contributed by atoms with van der Waals surface area (Å²) in [5.74, 6) is 0.634. The number of carbonyl (C=O) groups excluding carboxylic acids is 2. The zero-order chi connectivity index (χ0) is 16.2. The summed E-state index contributed by atoms with van der Waals surface area (Å²) in [4.78, 5) is 25.0. The fourth-order valence-corrected chi connectivity index (χ4v) is 2.53. The smallest absolute Gasteiger partial charge is 0.251 e. The Morgan fingerprint density at radius 2 is 1.73 bits per heavy atom. The lowest BCUT2D eigenvalue weighted by Crippen LogP contribution is -2.37. The van der Waals surface area contributed by atoms with Gasteiger partial charge in [0.15, 0.2) is 0 Å². The normalized spacial score (nSPS) is 10.3. The van der Waals surface area contributed by atoms with E-state index in [0.717, 1.165) is 0 Å². The van der Waals surface area contributed by atoms with E-state index in [2.05, 4.69) is 5.32 Å². The van der Waals surface area contributed by atoms with E-state index < -0.39 is 0 Å². The molecule has 0 fully saturated rings. The van der Waals surface area contributed by atoms with Gasteiger partial charge in [0.05, 0.1) is 19.0 Å². The lowest BCUT2D eigenvalue weighted by atomic mass is 10.2. The van der Waals surface area contributed by atoms with Crippen molar-refractivity contribution in [1.82, 2.24) is 10.2 Å². The van der Waals surface area contributed by atoms with Gasteiger partial charge in [-0.3, -0.25) is 9.59 Å². The average Bonchev–Trinajstić information content (AvgIpc) is 2.54. The van der Waals surface area contributed by atoms with Crippen molar-refractivity contribution in [2.45, 2.75) is 0 Å². The number of aliphatic hydroxyl groups is 2. The Bertz CT molecular complexity index is 450. The maximum Gasteiger partial charge on any atom is 0.251 e. The van der Waals surface area contributed by atoms with Gasteiger partial charge in [0.25, 0.3) is 5.91 Å². The van der Waals surface area contributed by atoms with Crippen molar-refractivity contribution in [3.05, 3.63) is 35.9 Å². The number of nitrogens with zero attached hydrogens (tertiary/aromatic N) is 1. The molecule has 0 spiro atoms. The molecule has 22 heavy (non-hydrogen) atoms. The summed E-state index contributed by atoms with van der Waals surface area (Å²) < 4.78 is 0. The SMILES string of the molecule is O=C(NCCSCC(=O)N(CCO)CCO)c1ccccc1. The molecule has 0 saturated carbocycles. The third-order valence-electron chi connectivity index (χ3n) is 2.89. The molecule has 122 valence electrons. The number of aliphatic hydroxyl groups excluding tert-OH is 2. The lowest BCUT2D eigenvalue weighted by molar-refractivity contribution is -0.129. The monoisotopic (exact) mass is 326 g/mol. The number of hydrogen-bond acceptors (Lipinski definition) is 5.